The van der Waals surface area contributed by atoms with E-state index in [1.165, 1.54) is 0 Å². The molecule has 0 aromatic rings. The topological polar surface area (TPSA) is 12.0 Å². The molecule has 1 aliphatic rings. The highest BCUT2D eigenvalue weighted by atomic mass is 19.4. The Hall–Kier alpha value is -0.250. The van der Waals surface area contributed by atoms with Crippen LogP contribution < -0.4 is 5.32 Å². The molecule has 2 atom stereocenters. The van der Waals surface area contributed by atoms with E-state index in [-0.39, 0.29) is 5.92 Å². The van der Waals surface area contributed by atoms with Gasteiger partial charge >= 0.3 is 6.18 Å². The van der Waals surface area contributed by atoms with Crippen LogP contribution in [0.1, 0.15) is 19.3 Å². The average molecular weight is 181 g/mol. The number of halogens is 3. The summed E-state index contributed by atoms with van der Waals surface area (Å²) in [5.74, 6) is -0.822. The van der Waals surface area contributed by atoms with E-state index in [2.05, 4.69) is 5.32 Å². The summed E-state index contributed by atoms with van der Waals surface area (Å²) in [6.07, 6.45) is -2.63. The molecule has 4 heteroatoms. The van der Waals surface area contributed by atoms with Crippen molar-refractivity contribution in [1.29, 1.82) is 0 Å². The van der Waals surface area contributed by atoms with Crippen LogP contribution in [0.4, 0.5) is 13.2 Å². The molecule has 72 valence electrons. The zero-order valence-electron chi connectivity index (χ0n) is 7.12. The van der Waals surface area contributed by atoms with Crippen LogP contribution >= 0.6 is 0 Å². The van der Waals surface area contributed by atoms with E-state index in [1.54, 1.807) is 7.05 Å². The molecule has 0 aromatic carbocycles. The van der Waals surface area contributed by atoms with Gasteiger partial charge in [-0.2, -0.15) is 13.2 Å². The van der Waals surface area contributed by atoms with Crippen LogP contribution in [0.15, 0.2) is 0 Å². The summed E-state index contributed by atoms with van der Waals surface area (Å²) in [4.78, 5) is 0. The summed E-state index contributed by atoms with van der Waals surface area (Å²) in [6.45, 7) is 0.715. The van der Waals surface area contributed by atoms with Crippen LogP contribution in [-0.2, 0) is 0 Å². The first-order valence-corrected chi connectivity index (χ1v) is 4.25. The molecule has 0 radical (unpaired) electrons. The molecule has 0 amide bonds. The summed E-state index contributed by atoms with van der Waals surface area (Å²) in [5.41, 5.74) is 0. The second kappa shape index (κ2) is 3.64. The van der Waals surface area contributed by atoms with Crippen molar-refractivity contribution in [3.63, 3.8) is 0 Å². The predicted molar refractivity (Wildman–Crippen MR) is 40.8 cm³/mol. The molecule has 0 spiro atoms. The van der Waals surface area contributed by atoms with Crippen molar-refractivity contribution in [3.8, 4) is 0 Å². The molecule has 1 aliphatic carbocycles. The van der Waals surface area contributed by atoms with Crippen LogP contribution in [0.5, 0.6) is 0 Å². The minimum Gasteiger partial charge on any atom is -0.319 e. The first-order chi connectivity index (χ1) is 5.54. The monoisotopic (exact) mass is 181 g/mol. The van der Waals surface area contributed by atoms with E-state index in [0.717, 1.165) is 0 Å². The third-order valence-corrected chi connectivity index (χ3v) is 2.50. The zero-order chi connectivity index (χ0) is 9.19. The highest BCUT2D eigenvalue weighted by Crippen LogP contribution is 2.41. The Labute approximate surface area is 70.3 Å². The molecular weight excluding hydrogens is 167 g/mol. The maximum Gasteiger partial charge on any atom is 0.391 e. The number of hydrogen-bond acceptors (Lipinski definition) is 1. The Kier molecular flexibility index (Phi) is 2.99. The van der Waals surface area contributed by atoms with Gasteiger partial charge in [0.1, 0.15) is 0 Å². The molecule has 0 aliphatic heterocycles. The molecule has 12 heavy (non-hydrogen) atoms. The highest BCUT2D eigenvalue weighted by molar-refractivity contribution is 4.80. The van der Waals surface area contributed by atoms with Gasteiger partial charge in [-0.25, -0.2) is 0 Å². The van der Waals surface area contributed by atoms with Crippen molar-refractivity contribution >= 4 is 0 Å². The molecule has 0 saturated heterocycles. The van der Waals surface area contributed by atoms with Crippen LogP contribution in [0.2, 0.25) is 0 Å². The van der Waals surface area contributed by atoms with Gasteiger partial charge in [-0.15, -0.1) is 0 Å². The lowest BCUT2D eigenvalue weighted by Crippen LogP contribution is -2.22. The number of rotatable bonds is 2. The molecule has 2 unspecified atom stereocenters. The van der Waals surface area contributed by atoms with E-state index in [0.29, 0.717) is 25.8 Å². The summed E-state index contributed by atoms with van der Waals surface area (Å²) < 4.78 is 36.5. The summed E-state index contributed by atoms with van der Waals surface area (Å²) in [7, 11) is 1.78. The largest absolute Gasteiger partial charge is 0.391 e. The van der Waals surface area contributed by atoms with Crippen molar-refractivity contribution in [1.82, 2.24) is 5.32 Å². The summed E-state index contributed by atoms with van der Waals surface area (Å²) >= 11 is 0. The van der Waals surface area contributed by atoms with Gasteiger partial charge in [-0.05, 0) is 38.8 Å². The molecule has 1 nitrogen and oxygen atoms in total. The van der Waals surface area contributed by atoms with E-state index < -0.39 is 12.1 Å². The third kappa shape index (κ3) is 2.37. The molecule has 0 bridgehead atoms. The number of hydrogen-bond donors (Lipinski definition) is 1. The SMILES string of the molecule is CNCC1CCC(C(F)(F)F)C1. The van der Waals surface area contributed by atoms with Gasteiger partial charge in [0.15, 0.2) is 0 Å². The van der Waals surface area contributed by atoms with Crippen molar-refractivity contribution in [3.05, 3.63) is 0 Å². The molecular formula is C8H14F3N. The fraction of sp³-hybridized carbons (Fsp3) is 1.00. The minimum atomic E-state index is -3.97. The fourth-order valence-corrected chi connectivity index (χ4v) is 1.85. The first-order valence-electron chi connectivity index (χ1n) is 4.25. The molecule has 1 N–H and O–H groups in total. The van der Waals surface area contributed by atoms with Gasteiger partial charge in [-0.3, -0.25) is 0 Å². The highest BCUT2D eigenvalue weighted by Gasteiger charge is 2.43. The fourth-order valence-electron chi connectivity index (χ4n) is 1.85. The van der Waals surface area contributed by atoms with Crippen LogP contribution in [0, 0.1) is 11.8 Å². The predicted octanol–water partition coefficient (Wildman–Crippen LogP) is 2.18. The van der Waals surface area contributed by atoms with Gasteiger partial charge in [0.25, 0.3) is 0 Å². The lowest BCUT2D eigenvalue weighted by Gasteiger charge is -2.14. The lowest BCUT2D eigenvalue weighted by atomic mass is 10.0. The van der Waals surface area contributed by atoms with Crippen molar-refractivity contribution in [2.75, 3.05) is 13.6 Å². The van der Waals surface area contributed by atoms with Crippen molar-refractivity contribution < 1.29 is 13.2 Å². The summed E-state index contributed by atoms with van der Waals surface area (Å²) in [6, 6.07) is 0. The van der Waals surface area contributed by atoms with Gasteiger partial charge in [0.05, 0.1) is 5.92 Å². The van der Waals surface area contributed by atoms with E-state index in [4.69, 9.17) is 0 Å². The zero-order valence-corrected chi connectivity index (χ0v) is 7.12. The second-order valence-electron chi connectivity index (χ2n) is 3.48. The Morgan fingerprint density at radius 3 is 2.42 bits per heavy atom. The van der Waals surface area contributed by atoms with E-state index >= 15 is 0 Å². The molecule has 1 fully saturated rings. The van der Waals surface area contributed by atoms with Gasteiger partial charge in [0, 0.05) is 0 Å². The first kappa shape index (κ1) is 9.84. The van der Waals surface area contributed by atoms with Crippen LogP contribution in [-0.4, -0.2) is 19.8 Å². The van der Waals surface area contributed by atoms with Gasteiger partial charge in [-0.1, -0.05) is 0 Å². The Morgan fingerprint density at radius 1 is 1.33 bits per heavy atom. The maximum atomic E-state index is 12.2. The lowest BCUT2D eigenvalue weighted by molar-refractivity contribution is -0.173. The number of nitrogens with one attached hydrogen (secondary N) is 1. The second-order valence-corrected chi connectivity index (χ2v) is 3.48. The molecule has 1 rings (SSSR count). The van der Waals surface area contributed by atoms with Crippen LogP contribution in [0.25, 0.3) is 0 Å². The molecule has 1 saturated carbocycles. The average Bonchev–Trinajstić information content (AvgIpc) is 2.35. The van der Waals surface area contributed by atoms with Crippen molar-refractivity contribution in [2.45, 2.75) is 25.4 Å². The Balaban J connectivity index is 2.35. The van der Waals surface area contributed by atoms with E-state index in [9.17, 15) is 13.2 Å². The smallest absolute Gasteiger partial charge is 0.319 e. The quantitative estimate of drug-likeness (QED) is 0.688. The van der Waals surface area contributed by atoms with Crippen molar-refractivity contribution in [2.24, 2.45) is 11.8 Å². The molecule has 0 heterocycles. The van der Waals surface area contributed by atoms with Gasteiger partial charge < -0.3 is 5.32 Å². The standard InChI is InChI=1S/C8H14F3N/c1-12-5-6-2-3-7(4-6)8(9,10)11/h6-7,12H,2-5H2,1H3. The minimum absolute atomic E-state index is 0.224. The molecule has 0 aromatic heterocycles. The third-order valence-electron chi connectivity index (χ3n) is 2.50. The van der Waals surface area contributed by atoms with E-state index in [1.807, 2.05) is 0 Å². The Morgan fingerprint density at radius 2 is 2.00 bits per heavy atom. The van der Waals surface area contributed by atoms with Crippen LogP contribution in [0.3, 0.4) is 0 Å². The maximum absolute atomic E-state index is 12.2. The Bertz CT molecular complexity index is 144. The summed E-state index contributed by atoms with van der Waals surface area (Å²) in [5, 5.41) is 2.91. The van der Waals surface area contributed by atoms with Gasteiger partial charge in [0.2, 0.25) is 0 Å². The normalized spacial score (nSPS) is 31.0. The number of alkyl halides is 3.